The Labute approximate surface area is 166 Å². The van der Waals surface area contributed by atoms with Gasteiger partial charge in [-0.2, -0.15) is 4.98 Å². The Hall–Kier alpha value is -3.06. The van der Waals surface area contributed by atoms with E-state index < -0.39 is 12.6 Å². The van der Waals surface area contributed by atoms with Crippen molar-refractivity contribution in [1.29, 1.82) is 0 Å². The summed E-state index contributed by atoms with van der Waals surface area (Å²) >= 11 is 6.28. The number of aromatic nitrogens is 2. The number of carboxylic acids is 1. The zero-order valence-electron chi connectivity index (χ0n) is 15.6. The van der Waals surface area contributed by atoms with Crippen LogP contribution in [0.1, 0.15) is 19.4 Å². The van der Waals surface area contributed by atoms with Gasteiger partial charge in [0.25, 0.3) is 5.89 Å². The molecule has 1 aromatic heterocycles. The highest BCUT2D eigenvalue weighted by molar-refractivity contribution is 6.32. The predicted molar refractivity (Wildman–Crippen MR) is 104 cm³/mol. The number of nitrogens with zero attached hydrogens (tertiary/aromatic N) is 2. The van der Waals surface area contributed by atoms with Crippen LogP contribution in [0, 0.1) is 6.92 Å². The van der Waals surface area contributed by atoms with Crippen LogP contribution < -0.4 is 9.47 Å². The van der Waals surface area contributed by atoms with E-state index in [1.54, 1.807) is 43.3 Å². The molecule has 7 nitrogen and oxygen atoms in total. The summed E-state index contributed by atoms with van der Waals surface area (Å²) in [5, 5.41) is 13.3. The molecule has 0 aliphatic rings. The number of carbonyl (C=O) groups is 1. The second-order valence-corrected chi connectivity index (χ2v) is 6.75. The Bertz CT molecular complexity index is 1000. The van der Waals surface area contributed by atoms with E-state index in [2.05, 4.69) is 10.1 Å². The molecule has 0 atom stereocenters. The van der Waals surface area contributed by atoms with Crippen LogP contribution in [0.2, 0.25) is 5.02 Å². The fraction of sp³-hybridized carbons (Fsp3) is 0.250. The van der Waals surface area contributed by atoms with Crippen LogP contribution in [0.5, 0.6) is 11.5 Å². The molecule has 0 radical (unpaired) electrons. The smallest absolute Gasteiger partial charge is 0.341 e. The molecule has 3 rings (SSSR count). The highest BCUT2D eigenvalue weighted by Crippen LogP contribution is 2.33. The first-order valence-electron chi connectivity index (χ1n) is 8.60. The molecule has 0 fully saturated rings. The molecule has 8 heteroatoms. The van der Waals surface area contributed by atoms with E-state index in [-0.39, 0.29) is 6.10 Å². The summed E-state index contributed by atoms with van der Waals surface area (Å²) in [5.41, 5.74) is 2.05. The summed E-state index contributed by atoms with van der Waals surface area (Å²) in [5.74, 6) is 0.656. The molecule has 3 aromatic rings. The summed E-state index contributed by atoms with van der Waals surface area (Å²) in [6, 6.07) is 10.5. The van der Waals surface area contributed by atoms with Crippen molar-refractivity contribution < 1.29 is 23.9 Å². The molecule has 0 aliphatic carbocycles. The minimum absolute atomic E-state index is 0.0127. The Balaban J connectivity index is 1.87. The maximum absolute atomic E-state index is 10.7. The van der Waals surface area contributed by atoms with Gasteiger partial charge in [0.05, 0.1) is 11.1 Å². The van der Waals surface area contributed by atoms with Crippen molar-refractivity contribution in [1.82, 2.24) is 10.1 Å². The van der Waals surface area contributed by atoms with Crippen LogP contribution in [-0.4, -0.2) is 33.9 Å². The van der Waals surface area contributed by atoms with Crippen molar-refractivity contribution in [3.05, 3.63) is 47.0 Å². The lowest BCUT2D eigenvalue weighted by molar-refractivity contribution is -0.139. The van der Waals surface area contributed by atoms with Gasteiger partial charge in [-0.3, -0.25) is 0 Å². The van der Waals surface area contributed by atoms with Gasteiger partial charge in [0.15, 0.2) is 6.61 Å². The topological polar surface area (TPSA) is 94.7 Å². The Kier molecular flexibility index (Phi) is 5.84. The van der Waals surface area contributed by atoms with E-state index in [1.807, 2.05) is 13.8 Å². The molecule has 0 saturated heterocycles. The van der Waals surface area contributed by atoms with Gasteiger partial charge in [-0.15, -0.1) is 0 Å². The third kappa shape index (κ3) is 4.43. The molecule has 0 amide bonds. The van der Waals surface area contributed by atoms with Crippen molar-refractivity contribution in [2.45, 2.75) is 26.9 Å². The van der Waals surface area contributed by atoms with Crippen molar-refractivity contribution in [3.8, 4) is 34.3 Å². The van der Waals surface area contributed by atoms with Crippen LogP contribution in [0.25, 0.3) is 22.8 Å². The van der Waals surface area contributed by atoms with Crippen molar-refractivity contribution >= 4 is 17.6 Å². The average Bonchev–Trinajstić information content (AvgIpc) is 3.12. The number of benzene rings is 2. The third-order valence-electron chi connectivity index (χ3n) is 3.84. The van der Waals surface area contributed by atoms with E-state index in [9.17, 15) is 4.79 Å². The molecule has 1 N–H and O–H groups in total. The van der Waals surface area contributed by atoms with E-state index in [0.717, 1.165) is 0 Å². The highest BCUT2D eigenvalue weighted by atomic mass is 35.5. The van der Waals surface area contributed by atoms with E-state index in [4.69, 9.17) is 30.7 Å². The first-order chi connectivity index (χ1) is 13.3. The van der Waals surface area contributed by atoms with Gasteiger partial charge < -0.3 is 19.1 Å². The van der Waals surface area contributed by atoms with Crippen molar-refractivity contribution in [2.24, 2.45) is 0 Å². The van der Waals surface area contributed by atoms with Crippen LogP contribution in [0.15, 0.2) is 40.9 Å². The number of hydrogen-bond acceptors (Lipinski definition) is 6. The standard InChI is InChI=1S/C20H19ClN2O5/c1-11(2)27-17-8-7-13(9-15(17)21)19-22-20(28-23-19)14-5-4-6-16(12(14)3)26-10-18(24)25/h4-9,11H,10H2,1-3H3,(H,24,25). The Morgan fingerprint density at radius 2 is 2.04 bits per heavy atom. The second kappa shape index (κ2) is 8.31. The molecule has 146 valence electrons. The number of ether oxygens (including phenoxy) is 2. The number of halogens is 1. The summed E-state index contributed by atoms with van der Waals surface area (Å²) in [7, 11) is 0. The molecule has 0 unspecified atom stereocenters. The molecule has 2 aromatic carbocycles. The average molecular weight is 403 g/mol. The zero-order chi connectivity index (χ0) is 20.3. The highest BCUT2D eigenvalue weighted by Gasteiger charge is 2.16. The SMILES string of the molecule is Cc1c(OCC(=O)O)cccc1-c1nc(-c2ccc(OC(C)C)c(Cl)c2)no1. The van der Waals surface area contributed by atoms with Crippen molar-refractivity contribution in [3.63, 3.8) is 0 Å². The summed E-state index contributed by atoms with van der Waals surface area (Å²) < 4.78 is 16.3. The van der Waals surface area contributed by atoms with E-state index in [1.165, 1.54) is 0 Å². The lowest BCUT2D eigenvalue weighted by Crippen LogP contribution is -2.10. The maximum atomic E-state index is 10.7. The lowest BCUT2D eigenvalue weighted by atomic mass is 10.1. The molecule has 0 saturated carbocycles. The minimum Gasteiger partial charge on any atom is -0.489 e. The van der Waals surface area contributed by atoms with Crippen LogP contribution in [-0.2, 0) is 4.79 Å². The lowest BCUT2D eigenvalue weighted by Gasteiger charge is -2.11. The third-order valence-corrected chi connectivity index (χ3v) is 4.14. The molecule has 0 aliphatic heterocycles. The molecule has 1 heterocycles. The van der Waals surface area contributed by atoms with E-state index >= 15 is 0 Å². The fourth-order valence-electron chi connectivity index (χ4n) is 2.58. The van der Waals surface area contributed by atoms with Gasteiger partial charge >= 0.3 is 5.97 Å². The summed E-state index contributed by atoms with van der Waals surface area (Å²) in [4.78, 5) is 15.2. The number of aliphatic carboxylic acids is 1. The minimum atomic E-state index is -1.05. The molecular weight excluding hydrogens is 384 g/mol. The van der Waals surface area contributed by atoms with Crippen molar-refractivity contribution in [2.75, 3.05) is 6.61 Å². The molecule has 0 bridgehead atoms. The predicted octanol–water partition coefficient (Wildman–Crippen LogP) is 4.62. The van der Waals surface area contributed by atoms with E-state index in [0.29, 0.717) is 44.9 Å². The summed E-state index contributed by atoms with van der Waals surface area (Å²) in [6.07, 6.45) is 0.0127. The maximum Gasteiger partial charge on any atom is 0.341 e. The number of hydrogen-bond donors (Lipinski definition) is 1. The van der Waals surface area contributed by atoms with Crippen LogP contribution in [0.4, 0.5) is 0 Å². The number of carboxylic acid groups (broad SMARTS) is 1. The van der Waals surface area contributed by atoms with Crippen LogP contribution in [0.3, 0.4) is 0 Å². The monoisotopic (exact) mass is 402 g/mol. The largest absolute Gasteiger partial charge is 0.489 e. The van der Waals surface area contributed by atoms with Gasteiger partial charge in [0.1, 0.15) is 11.5 Å². The Morgan fingerprint density at radius 3 is 2.71 bits per heavy atom. The van der Waals surface area contributed by atoms with Gasteiger partial charge in [-0.1, -0.05) is 22.8 Å². The summed E-state index contributed by atoms with van der Waals surface area (Å²) in [6.45, 7) is 5.21. The molecule has 28 heavy (non-hydrogen) atoms. The fourth-order valence-corrected chi connectivity index (χ4v) is 2.81. The van der Waals surface area contributed by atoms with Gasteiger partial charge in [0, 0.05) is 16.7 Å². The van der Waals surface area contributed by atoms with Gasteiger partial charge in [-0.25, -0.2) is 4.79 Å². The zero-order valence-corrected chi connectivity index (χ0v) is 16.4. The normalized spacial score (nSPS) is 10.9. The number of rotatable bonds is 7. The van der Waals surface area contributed by atoms with Crippen LogP contribution >= 0.6 is 11.6 Å². The first kappa shape index (κ1) is 19.7. The Morgan fingerprint density at radius 1 is 1.25 bits per heavy atom. The molecular formula is C20H19ClN2O5. The quantitative estimate of drug-likeness (QED) is 0.616. The molecule has 0 spiro atoms. The van der Waals surface area contributed by atoms with Gasteiger partial charge in [0.2, 0.25) is 5.82 Å². The second-order valence-electron chi connectivity index (χ2n) is 6.35. The first-order valence-corrected chi connectivity index (χ1v) is 8.98. The van der Waals surface area contributed by atoms with Gasteiger partial charge in [-0.05, 0) is 51.1 Å².